The second-order valence-electron chi connectivity index (χ2n) is 2.32. The highest BCUT2D eigenvalue weighted by Crippen LogP contribution is 1.56. The molecular weight excluding hydrogens is 138 g/mol. The van der Waals surface area contributed by atoms with Gasteiger partial charge in [-0.1, -0.05) is 40.5 Å². The zero-order valence-electron chi connectivity index (χ0n) is 8.61. The van der Waals surface area contributed by atoms with E-state index >= 15 is 0 Å². The van der Waals surface area contributed by atoms with Crippen molar-refractivity contribution in [3.8, 4) is 0 Å². The lowest BCUT2D eigenvalue weighted by atomic mass is 10.5. The Bertz CT molecular complexity index is 60.6. The van der Waals surface area contributed by atoms with Crippen LogP contribution >= 0.6 is 0 Å². The third-order valence-corrected chi connectivity index (χ3v) is 0.287. The molecule has 2 nitrogen and oxygen atoms in total. The summed E-state index contributed by atoms with van der Waals surface area (Å²) in [5.74, 6) is 0.0324. The number of Topliss-reactive ketones (excluding diaryl/α,β-unsaturated/α-hetero) is 1. The monoisotopic (exact) mass is 161 g/mol. The fourth-order valence-electron chi connectivity index (χ4n) is 0. The second-order valence-corrected chi connectivity index (χ2v) is 2.32. The first kappa shape index (κ1) is 16.9. The minimum atomic E-state index is 0.0324. The van der Waals surface area contributed by atoms with Crippen LogP contribution in [-0.4, -0.2) is 12.3 Å². The molecular formula is C9H23NO. The van der Waals surface area contributed by atoms with Crippen molar-refractivity contribution in [1.29, 1.82) is 0 Å². The molecule has 0 aliphatic rings. The molecule has 0 saturated heterocycles. The van der Waals surface area contributed by atoms with Gasteiger partial charge in [0.2, 0.25) is 0 Å². The molecule has 2 N–H and O–H groups in total. The fraction of sp³-hybridized carbons (Fsp3) is 0.889. The molecule has 0 atom stereocenters. The molecule has 11 heavy (non-hydrogen) atoms. The van der Waals surface area contributed by atoms with Gasteiger partial charge >= 0.3 is 0 Å². The van der Waals surface area contributed by atoms with Crippen LogP contribution in [0.4, 0.5) is 0 Å². The molecule has 0 unspecified atom stereocenters. The van der Waals surface area contributed by atoms with Gasteiger partial charge in [-0.15, -0.1) is 0 Å². The highest BCUT2D eigenvalue weighted by molar-refractivity contribution is 5.77. The Labute approximate surface area is 71.2 Å². The predicted molar refractivity (Wildman–Crippen MR) is 51.7 cm³/mol. The van der Waals surface area contributed by atoms with E-state index in [0.717, 1.165) is 0 Å². The molecule has 0 aromatic carbocycles. The number of nitrogens with two attached hydrogens (primary N) is 1. The number of ketones is 1. The van der Waals surface area contributed by atoms with E-state index in [1.165, 1.54) is 19.8 Å². The van der Waals surface area contributed by atoms with Crippen LogP contribution in [0.1, 0.15) is 47.5 Å². The average molecular weight is 161 g/mol. The van der Waals surface area contributed by atoms with Gasteiger partial charge in [0, 0.05) is 0 Å². The van der Waals surface area contributed by atoms with Gasteiger partial charge in [-0.25, -0.2) is 0 Å². The Kier molecular flexibility index (Phi) is 34.8. The quantitative estimate of drug-likeness (QED) is 0.641. The van der Waals surface area contributed by atoms with Crippen LogP contribution in [0, 0.1) is 0 Å². The normalized spacial score (nSPS) is 6.73. The molecule has 0 bridgehead atoms. The molecule has 0 amide bonds. The lowest BCUT2D eigenvalue weighted by molar-refractivity contribution is -0.115. The predicted octanol–water partition coefficient (Wildman–Crippen LogP) is 2.37. The Morgan fingerprint density at radius 3 is 1.18 bits per heavy atom. The first-order valence-electron chi connectivity index (χ1n) is 4.29. The van der Waals surface area contributed by atoms with E-state index in [1.54, 1.807) is 0 Å². The molecule has 0 aliphatic carbocycles. The van der Waals surface area contributed by atoms with E-state index in [-0.39, 0.29) is 12.3 Å². The zero-order chi connectivity index (χ0) is 9.70. The van der Waals surface area contributed by atoms with Gasteiger partial charge in [0.25, 0.3) is 0 Å². The van der Waals surface area contributed by atoms with E-state index in [1.807, 2.05) is 0 Å². The van der Waals surface area contributed by atoms with Gasteiger partial charge in [-0.2, -0.15) is 0 Å². The Balaban J connectivity index is -0.0000000933. The van der Waals surface area contributed by atoms with Crippen molar-refractivity contribution >= 4 is 5.78 Å². The van der Waals surface area contributed by atoms with E-state index in [4.69, 9.17) is 5.73 Å². The van der Waals surface area contributed by atoms with E-state index in [9.17, 15) is 4.79 Å². The van der Waals surface area contributed by atoms with Crippen LogP contribution in [0.25, 0.3) is 0 Å². The highest BCUT2D eigenvalue weighted by atomic mass is 16.1. The lowest BCUT2D eigenvalue weighted by Gasteiger charge is -1.73. The van der Waals surface area contributed by atoms with E-state index in [0.29, 0.717) is 0 Å². The Morgan fingerprint density at radius 1 is 1.09 bits per heavy atom. The van der Waals surface area contributed by atoms with Gasteiger partial charge in [0.05, 0.1) is 6.54 Å². The largest absolute Gasteiger partial charge is 0.324 e. The maximum absolute atomic E-state index is 9.69. The van der Waals surface area contributed by atoms with Crippen molar-refractivity contribution in [1.82, 2.24) is 0 Å². The van der Waals surface area contributed by atoms with Crippen molar-refractivity contribution < 1.29 is 4.79 Å². The van der Waals surface area contributed by atoms with Gasteiger partial charge in [-0.05, 0) is 6.92 Å². The fourth-order valence-corrected chi connectivity index (χ4v) is 0. The van der Waals surface area contributed by atoms with Gasteiger partial charge in [-0.3, -0.25) is 4.79 Å². The summed E-state index contributed by atoms with van der Waals surface area (Å²) in [6.07, 6.45) is 2.50. The van der Waals surface area contributed by atoms with Crippen LogP contribution in [0.5, 0.6) is 0 Å². The topological polar surface area (TPSA) is 43.1 Å². The van der Waals surface area contributed by atoms with Crippen molar-refractivity contribution in [3.63, 3.8) is 0 Å². The summed E-state index contributed by atoms with van der Waals surface area (Å²) in [5, 5.41) is 0. The first-order valence-corrected chi connectivity index (χ1v) is 4.29. The average Bonchev–Trinajstić information content (AvgIpc) is 1.91. The molecule has 70 valence electrons. The standard InChI is InChI=1S/C3H7NO.2C3H8/c1-3(5)2-4;2*1-3-2/h2,4H2,1H3;2*3H2,1-2H3. The summed E-state index contributed by atoms with van der Waals surface area (Å²) >= 11 is 0. The van der Waals surface area contributed by atoms with Crippen LogP contribution < -0.4 is 5.73 Å². The molecule has 0 radical (unpaired) electrons. The second kappa shape index (κ2) is 22.6. The maximum atomic E-state index is 9.69. The van der Waals surface area contributed by atoms with Crippen LogP contribution in [0.3, 0.4) is 0 Å². The smallest absolute Gasteiger partial charge is 0.143 e. The Morgan fingerprint density at radius 2 is 1.18 bits per heavy atom. The lowest BCUT2D eigenvalue weighted by Crippen LogP contribution is -2.07. The molecule has 0 aromatic rings. The third kappa shape index (κ3) is 211. The summed E-state index contributed by atoms with van der Waals surface area (Å²) in [6.45, 7) is 10.1. The summed E-state index contributed by atoms with van der Waals surface area (Å²) in [5.41, 5.74) is 4.82. The molecule has 0 heterocycles. The maximum Gasteiger partial charge on any atom is 0.143 e. The molecule has 0 spiro atoms. The summed E-state index contributed by atoms with van der Waals surface area (Å²) < 4.78 is 0. The molecule has 0 saturated carbocycles. The number of hydrogen-bond acceptors (Lipinski definition) is 2. The highest BCUT2D eigenvalue weighted by Gasteiger charge is 1.76. The molecule has 0 fully saturated rings. The molecule has 2 heteroatoms. The van der Waals surface area contributed by atoms with Gasteiger partial charge in [0.1, 0.15) is 5.78 Å². The number of hydrogen-bond donors (Lipinski definition) is 1. The number of carbonyl (C=O) groups excluding carboxylic acids is 1. The molecule has 0 rings (SSSR count). The first-order chi connectivity index (χ1) is 5.10. The van der Waals surface area contributed by atoms with Crippen LogP contribution in [0.2, 0.25) is 0 Å². The minimum absolute atomic E-state index is 0.0324. The van der Waals surface area contributed by atoms with Crippen LogP contribution in [-0.2, 0) is 4.79 Å². The van der Waals surface area contributed by atoms with Crippen LogP contribution in [0.15, 0.2) is 0 Å². The Hall–Kier alpha value is -0.370. The van der Waals surface area contributed by atoms with Gasteiger partial charge in [0.15, 0.2) is 0 Å². The van der Waals surface area contributed by atoms with Gasteiger partial charge < -0.3 is 5.73 Å². The van der Waals surface area contributed by atoms with Crippen molar-refractivity contribution in [2.24, 2.45) is 5.73 Å². The number of rotatable bonds is 1. The third-order valence-electron chi connectivity index (χ3n) is 0.287. The SMILES string of the molecule is CC(=O)CN.CCC.CCC. The summed E-state index contributed by atoms with van der Waals surface area (Å²) in [4.78, 5) is 9.69. The van der Waals surface area contributed by atoms with Crippen molar-refractivity contribution in [3.05, 3.63) is 0 Å². The minimum Gasteiger partial charge on any atom is -0.324 e. The van der Waals surface area contributed by atoms with E-state index < -0.39 is 0 Å². The van der Waals surface area contributed by atoms with E-state index in [2.05, 4.69) is 27.7 Å². The summed E-state index contributed by atoms with van der Waals surface area (Å²) in [6, 6.07) is 0. The van der Waals surface area contributed by atoms with Crippen molar-refractivity contribution in [2.75, 3.05) is 6.54 Å². The number of carbonyl (C=O) groups is 1. The molecule has 0 aromatic heterocycles. The summed E-state index contributed by atoms with van der Waals surface area (Å²) in [7, 11) is 0. The molecule has 0 aliphatic heterocycles. The zero-order valence-corrected chi connectivity index (χ0v) is 8.61. The van der Waals surface area contributed by atoms with Crippen molar-refractivity contribution in [2.45, 2.75) is 47.5 Å².